The van der Waals surface area contributed by atoms with Crippen LogP contribution in [0.2, 0.25) is 0 Å². The first-order valence-electron chi connectivity index (χ1n) is 7.21. The number of imide groups is 1. The van der Waals surface area contributed by atoms with Gasteiger partial charge in [0.1, 0.15) is 0 Å². The summed E-state index contributed by atoms with van der Waals surface area (Å²) >= 11 is 0. The van der Waals surface area contributed by atoms with Crippen LogP contribution in [0.1, 0.15) is 31.2 Å². The Morgan fingerprint density at radius 1 is 1.10 bits per heavy atom. The standard InChI is InChI=1S/C16H20N2O2/c1-12-3-2-4-13(9-12)18-7-5-16(6-8-18)10-14(19)17-15(20)11-16/h2-4,9H,5-8,10-11H2,1H3,(H,17,19,20). The van der Waals surface area contributed by atoms with Crippen LogP contribution < -0.4 is 10.2 Å². The third-order valence-electron chi connectivity index (χ3n) is 4.54. The number of rotatable bonds is 1. The number of nitrogens with one attached hydrogen (secondary N) is 1. The maximum absolute atomic E-state index is 11.6. The molecule has 0 bridgehead atoms. The van der Waals surface area contributed by atoms with Crippen molar-refractivity contribution in [1.82, 2.24) is 5.32 Å². The first-order valence-corrected chi connectivity index (χ1v) is 7.21. The fourth-order valence-corrected chi connectivity index (χ4v) is 3.41. The summed E-state index contributed by atoms with van der Waals surface area (Å²) in [5.74, 6) is -0.212. The van der Waals surface area contributed by atoms with Gasteiger partial charge in [-0.2, -0.15) is 0 Å². The molecule has 4 heteroatoms. The Morgan fingerprint density at radius 2 is 1.75 bits per heavy atom. The first-order chi connectivity index (χ1) is 9.56. The number of anilines is 1. The molecular formula is C16H20N2O2. The lowest BCUT2D eigenvalue weighted by Crippen LogP contribution is -2.50. The second-order valence-electron chi connectivity index (χ2n) is 6.15. The van der Waals surface area contributed by atoms with E-state index in [4.69, 9.17) is 0 Å². The fraction of sp³-hybridized carbons (Fsp3) is 0.500. The minimum Gasteiger partial charge on any atom is -0.371 e. The second-order valence-corrected chi connectivity index (χ2v) is 6.15. The fourth-order valence-electron chi connectivity index (χ4n) is 3.41. The lowest BCUT2D eigenvalue weighted by molar-refractivity contribution is -0.138. The Balaban J connectivity index is 1.70. The maximum atomic E-state index is 11.6. The molecule has 2 heterocycles. The Bertz CT molecular complexity index is 527. The zero-order valence-electron chi connectivity index (χ0n) is 11.8. The van der Waals surface area contributed by atoms with E-state index in [1.54, 1.807) is 0 Å². The van der Waals surface area contributed by atoms with Gasteiger partial charge in [0.15, 0.2) is 0 Å². The molecule has 2 amide bonds. The number of piperidine rings is 2. The summed E-state index contributed by atoms with van der Waals surface area (Å²) in [7, 11) is 0. The molecule has 0 aromatic heterocycles. The summed E-state index contributed by atoms with van der Waals surface area (Å²) in [6.07, 6.45) is 2.83. The third kappa shape index (κ3) is 2.55. The summed E-state index contributed by atoms with van der Waals surface area (Å²) < 4.78 is 0. The van der Waals surface area contributed by atoms with E-state index >= 15 is 0 Å². The lowest BCUT2D eigenvalue weighted by atomic mass is 9.71. The summed E-state index contributed by atoms with van der Waals surface area (Å²) in [5, 5.41) is 2.41. The highest BCUT2D eigenvalue weighted by Crippen LogP contribution is 2.41. The van der Waals surface area contributed by atoms with E-state index in [1.807, 2.05) is 0 Å². The topological polar surface area (TPSA) is 49.4 Å². The quantitative estimate of drug-likeness (QED) is 0.796. The van der Waals surface area contributed by atoms with Crippen molar-refractivity contribution in [3.8, 4) is 0 Å². The largest absolute Gasteiger partial charge is 0.371 e. The molecule has 20 heavy (non-hydrogen) atoms. The lowest BCUT2D eigenvalue weighted by Gasteiger charge is -2.43. The van der Waals surface area contributed by atoms with Crippen LogP contribution in [-0.2, 0) is 9.59 Å². The van der Waals surface area contributed by atoms with Gasteiger partial charge in [0.05, 0.1) is 0 Å². The van der Waals surface area contributed by atoms with E-state index < -0.39 is 0 Å². The summed E-state index contributed by atoms with van der Waals surface area (Å²) in [6.45, 7) is 3.94. The van der Waals surface area contributed by atoms with Gasteiger partial charge in [0.2, 0.25) is 11.8 Å². The van der Waals surface area contributed by atoms with Crippen LogP contribution in [-0.4, -0.2) is 24.9 Å². The van der Waals surface area contributed by atoms with Crippen molar-refractivity contribution < 1.29 is 9.59 Å². The van der Waals surface area contributed by atoms with Crippen molar-refractivity contribution in [3.63, 3.8) is 0 Å². The molecule has 0 radical (unpaired) electrons. The van der Waals surface area contributed by atoms with Crippen molar-refractivity contribution in [2.75, 3.05) is 18.0 Å². The van der Waals surface area contributed by atoms with Gasteiger partial charge < -0.3 is 4.90 Å². The first kappa shape index (κ1) is 13.2. The number of hydrogen-bond acceptors (Lipinski definition) is 3. The molecule has 0 unspecified atom stereocenters. The Hall–Kier alpha value is -1.84. The normalized spacial score (nSPS) is 21.9. The summed E-state index contributed by atoms with van der Waals surface area (Å²) in [6, 6.07) is 8.49. The van der Waals surface area contributed by atoms with E-state index in [2.05, 4.69) is 41.4 Å². The molecule has 1 N–H and O–H groups in total. The predicted molar refractivity (Wildman–Crippen MR) is 77.4 cm³/mol. The van der Waals surface area contributed by atoms with E-state index in [0.29, 0.717) is 12.8 Å². The van der Waals surface area contributed by atoms with Crippen molar-refractivity contribution in [2.45, 2.75) is 32.6 Å². The third-order valence-corrected chi connectivity index (χ3v) is 4.54. The summed E-state index contributed by atoms with van der Waals surface area (Å²) in [4.78, 5) is 25.6. The van der Waals surface area contributed by atoms with Gasteiger partial charge >= 0.3 is 0 Å². The average Bonchev–Trinajstić information content (AvgIpc) is 2.38. The molecule has 2 saturated heterocycles. The zero-order valence-corrected chi connectivity index (χ0v) is 11.8. The molecular weight excluding hydrogens is 252 g/mol. The highest BCUT2D eigenvalue weighted by molar-refractivity contribution is 5.98. The van der Waals surface area contributed by atoms with Gasteiger partial charge in [0, 0.05) is 31.6 Å². The van der Waals surface area contributed by atoms with Crippen LogP contribution in [0.15, 0.2) is 24.3 Å². The van der Waals surface area contributed by atoms with Gasteiger partial charge in [-0.15, -0.1) is 0 Å². The number of amides is 2. The monoisotopic (exact) mass is 272 g/mol. The number of nitrogens with zero attached hydrogens (tertiary/aromatic N) is 1. The number of carbonyl (C=O) groups is 2. The van der Waals surface area contributed by atoms with Gasteiger partial charge in [-0.05, 0) is 42.9 Å². The molecule has 1 spiro atoms. The van der Waals surface area contributed by atoms with E-state index in [0.717, 1.165) is 25.9 Å². The Kier molecular flexibility index (Phi) is 3.24. The number of aryl methyl sites for hydroxylation is 1. The van der Waals surface area contributed by atoms with Crippen LogP contribution in [0.25, 0.3) is 0 Å². The van der Waals surface area contributed by atoms with E-state index in [9.17, 15) is 9.59 Å². The van der Waals surface area contributed by atoms with Gasteiger partial charge in [-0.1, -0.05) is 12.1 Å². The molecule has 2 fully saturated rings. The van der Waals surface area contributed by atoms with Crippen molar-refractivity contribution >= 4 is 17.5 Å². The Labute approximate surface area is 119 Å². The SMILES string of the molecule is Cc1cccc(N2CCC3(CC2)CC(=O)NC(=O)C3)c1. The van der Waals surface area contributed by atoms with Crippen LogP contribution in [0.3, 0.4) is 0 Å². The van der Waals surface area contributed by atoms with Crippen LogP contribution in [0, 0.1) is 12.3 Å². The molecule has 1 aromatic rings. The highest BCUT2D eigenvalue weighted by Gasteiger charge is 2.41. The molecule has 106 valence electrons. The number of carbonyl (C=O) groups excluding carboxylic acids is 2. The van der Waals surface area contributed by atoms with E-state index in [-0.39, 0.29) is 17.2 Å². The average molecular weight is 272 g/mol. The van der Waals surface area contributed by atoms with E-state index in [1.165, 1.54) is 11.3 Å². The molecule has 2 aliphatic heterocycles. The van der Waals surface area contributed by atoms with Gasteiger partial charge in [-0.3, -0.25) is 14.9 Å². The minimum absolute atomic E-state index is 0.0975. The van der Waals surface area contributed by atoms with Gasteiger partial charge in [-0.25, -0.2) is 0 Å². The van der Waals surface area contributed by atoms with Crippen LogP contribution in [0.4, 0.5) is 5.69 Å². The molecule has 0 saturated carbocycles. The Morgan fingerprint density at radius 3 is 2.35 bits per heavy atom. The highest BCUT2D eigenvalue weighted by atomic mass is 16.2. The van der Waals surface area contributed by atoms with Gasteiger partial charge in [0.25, 0.3) is 0 Å². The maximum Gasteiger partial charge on any atom is 0.227 e. The molecule has 0 aliphatic carbocycles. The molecule has 0 atom stereocenters. The zero-order chi connectivity index (χ0) is 14.2. The van der Waals surface area contributed by atoms with Crippen LogP contribution in [0.5, 0.6) is 0 Å². The smallest absolute Gasteiger partial charge is 0.227 e. The summed E-state index contributed by atoms with van der Waals surface area (Å²) in [5.41, 5.74) is 2.40. The second kappa shape index (κ2) is 4.93. The molecule has 2 aliphatic rings. The molecule has 3 rings (SSSR count). The van der Waals surface area contributed by atoms with Crippen molar-refractivity contribution in [3.05, 3.63) is 29.8 Å². The van der Waals surface area contributed by atoms with Crippen molar-refractivity contribution in [1.29, 1.82) is 0 Å². The van der Waals surface area contributed by atoms with Crippen molar-refractivity contribution in [2.24, 2.45) is 5.41 Å². The van der Waals surface area contributed by atoms with Crippen LogP contribution >= 0.6 is 0 Å². The predicted octanol–water partition coefficient (Wildman–Crippen LogP) is 2.02. The number of benzene rings is 1. The molecule has 4 nitrogen and oxygen atoms in total. The molecule has 1 aromatic carbocycles. The minimum atomic E-state index is -0.106. The number of hydrogen-bond donors (Lipinski definition) is 1.